The van der Waals surface area contributed by atoms with Gasteiger partial charge in [0.25, 0.3) is 0 Å². The molecule has 0 spiro atoms. The highest BCUT2D eigenvalue weighted by Crippen LogP contribution is 2.23. The third-order valence-corrected chi connectivity index (χ3v) is 3.97. The largest absolute Gasteiger partial charge is 0.389 e. The highest BCUT2D eigenvalue weighted by molar-refractivity contribution is 4.91. The molecular weight excluding hydrogens is 241 g/mol. The van der Waals surface area contributed by atoms with Crippen molar-refractivity contribution in [2.75, 3.05) is 26.2 Å². The molecule has 18 heavy (non-hydrogen) atoms. The fraction of sp³-hybridized carbons (Fsp3) is 1.00. The van der Waals surface area contributed by atoms with Gasteiger partial charge in [0.15, 0.2) is 0 Å². The lowest BCUT2D eigenvalue weighted by Crippen LogP contribution is -2.50. The number of hydrogen-bond acceptors (Lipinski definition) is 2. The van der Waals surface area contributed by atoms with Crippen LogP contribution < -0.4 is 5.32 Å². The fourth-order valence-corrected chi connectivity index (χ4v) is 2.64. The lowest BCUT2D eigenvalue weighted by Gasteiger charge is -2.35. The first-order valence-corrected chi connectivity index (χ1v) is 6.95. The minimum absolute atomic E-state index is 0.0920. The molecule has 1 aliphatic heterocycles. The molecule has 0 saturated carbocycles. The van der Waals surface area contributed by atoms with E-state index in [1.165, 1.54) is 0 Å². The summed E-state index contributed by atoms with van der Waals surface area (Å²) >= 11 is 0. The molecule has 0 atom stereocenters. The average Bonchev–Trinajstić information content (AvgIpc) is 2.50. The standard InChI is InChI=1S/C13H25F3N2/c1-3-12(4-2)11-18(10-6-8-17-12)9-5-7-13(14,15)16/h17H,3-11H2,1-2H3. The zero-order valence-corrected chi connectivity index (χ0v) is 11.4. The minimum atomic E-state index is -4.02. The van der Waals surface area contributed by atoms with E-state index in [0.29, 0.717) is 6.54 Å². The summed E-state index contributed by atoms with van der Waals surface area (Å²) in [6, 6.07) is 0. The summed E-state index contributed by atoms with van der Waals surface area (Å²) in [6.07, 6.45) is -1.39. The number of alkyl halides is 3. The number of nitrogens with one attached hydrogen (secondary N) is 1. The van der Waals surface area contributed by atoms with Crippen molar-refractivity contribution in [1.29, 1.82) is 0 Å². The van der Waals surface area contributed by atoms with Crippen LogP contribution in [0.2, 0.25) is 0 Å². The van der Waals surface area contributed by atoms with Gasteiger partial charge in [-0.25, -0.2) is 0 Å². The van der Waals surface area contributed by atoms with E-state index in [1.54, 1.807) is 0 Å². The summed E-state index contributed by atoms with van der Waals surface area (Å²) in [4.78, 5) is 2.19. The van der Waals surface area contributed by atoms with Crippen molar-refractivity contribution in [3.05, 3.63) is 0 Å². The third-order valence-electron chi connectivity index (χ3n) is 3.97. The van der Waals surface area contributed by atoms with Gasteiger partial charge in [0.05, 0.1) is 0 Å². The second-order valence-electron chi connectivity index (χ2n) is 5.26. The van der Waals surface area contributed by atoms with Crippen LogP contribution in [0.25, 0.3) is 0 Å². The molecule has 108 valence electrons. The molecule has 5 heteroatoms. The Morgan fingerprint density at radius 2 is 1.89 bits per heavy atom. The van der Waals surface area contributed by atoms with E-state index in [1.807, 2.05) is 0 Å². The molecule has 0 amide bonds. The zero-order valence-electron chi connectivity index (χ0n) is 11.4. The summed E-state index contributed by atoms with van der Waals surface area (Å²) in [7, 11) is 0. The van der Waals surface area contributed by atoms with Gasteiger partial charge in [0.2, 0.25) is 0 Å². The quantitative estimate of drug-likeness (QED) is 0.822. The Bertz CT molecular complexity index is 237. The summed E-state index contributed by atoms with van der Waals surface area (Å²) in [5.74, 6) is 0. The van der Waals surface area contributed by atoms with Gasteiger partial charge in [-0.2, -0.15) is 13.2 Å². The maximum Gasteiger partial charge on any atom is 0.389 e. The Hall–Kier alpha value is -0.290. The topological polar surface area (TPSA) is 15.3 Å². The molecule has 0 unspecified atom stereocenters. The van der Waals surface area contributed by atoms with E-state index in [0.717, 1.165) is 38.9 Å². The van der Waals surface area contributed by atoms with Gasteiger partial charge in [0, 0.05) is 18.5 Å². The molecule has 0 aromatic carbocycles. The van der Waals surface area contributed by atoms with E-state index < -0.39 is 12.6 Å². The SMILES string of the molecule is CCC1(CC)CN(CCCC(F)(F)F)CCCN1. The maximum atomic E-state index is 12.1. The lowest BCUT2D eigenvalue weighted by molar-refractivity contribution is -0.136. The van der Waals surface area contributed by atoms with Crippen molar-refractivity contribution >= 4 is 0 Å². The van der Waals surface area contributed by atoms with Crippen molar-refractivity contribution in [3.63, 3.8) is 0 Å². The smallest absolute Gasteiger partial charge is 0.310 e. The Kier molecular flexibility index (Phi) is 5.92. The van der Waals surface area contributed by atoms with Crippen molar-refractivity contribution in [3.8, 4) is 0 Å². The van der Waals surface area contributed by atoms with Crippen LogP contribution in [-0.2, 0) is 0 Å². The van der Waals surface area contributed by atoms with Crippen LogP contribution in [0.1, 0.15) is 46.0 Å². The second-order valence-corrected chi connectivity index (χ2v) is 5.26. The molecular formula is C13H25F3N2. The summed E-state index contributed by atoms with van der Waals surface area (Å²) in [5, 5.41) is 3.57. The van der Waals surface area contributed by atoms with Crippen LogP contribution in [0, 0.1) is 0 Å². The molecule has 2 nitrogen and oxygen atoms in total. The average molecular weight is 266 g/mol. The van der Waals surface area contributed by atoms with Gasteiger partial charge in [-0.05, 0) is 45.3 Å². The molecule has 0 aromatic rings. The van der Waals surface area contributed by atoms with Crippen LogP contribution in [0.4, 0.5) is 13.2 Å². The summed E-state index contributed by atoms with van der Waals surface area (Å²) < 4.78 is 36.4. The normalized spacial score (nSPS) is 21.8. The maximum absolute atomic E-state index is 12.1. The lowest BCUT2D eigenvalue weighted by atomic mass is 9.92. The van der Waals surface area contributed by atoms with E-state index in [4.69, 9.17) is 0 Å². The Morgan fingerprint density at radius 3 is 2.44 bits per heavy atom. The first-order valence-electron chi connectivity index (χ1n) is 6.95. The van der Waals surface area contributed by atoms with E-state index in [9.17, 15) is 13.2 Å². The van der Waals surface area contributed by atoms with Crippen molar-refractivity contribution < 1.29 is 13.2 Å². The molecule has 0 aromatic heterocycles. The summed E-state index contributed by atoms with van der Waals surface area (Å²) in [6.45, 7) is 7.61. The number of hydrogen-bond donors (Lipinski definition) is 1. The molecule has 1 heterocycles. The van der Waals surface area contributed by atoms with Gasteiger partial charge in [-0.15, -0.1) is 0 Å². The third kappa shape index (κ3) is 5.14. The second kappa shape index (κ2) is 6.75. The molecule has 1 fully saturated rings. The number of nitrogens with zero attached hydrogens (tertiary/aromatic N) is 1. The molecule has 1 N–H and O–H groups in total. The molecule has 0 aliphatic carbocycles. The number of rotatable bonds is 5. The molecule has 1 rings (SSSR count). The Balaban J connectivity index is 2.44. The highest BCUT2D eigenvalue weighted by Gasteiger charge is 2.31. The first-order chi connectivity index (χ1) is 8.41. The predicted molar refractivity (Wildman–Crippen MR) is 67.7 cm³/mol. The summed E-state index contributed by atoms with van der Waals surface area (Å²) in [5.41, 5.74) is 0.0920. The van der Waals surface area contributed by atoms with Crippen LogP contribution in [0.15, 0.2) is 0 Å². The van der Waals surface area contributed by atoms with Gasteiger partial charge in [-0.1, -0.05) is 13.8 Å². The van der Waals surface area contributed by atoms with Crippen LogP contribution >= 0.6 is 0 Å². The van der Waals surface area contributed by atoms with E-state index in [2.05, 4.69) is 24.1 Å². The van der Waals surface area contributed by atoms with Crippen molar-refractivity contribution in [1.82, 2.24) is 10.2 Å². The van der Waals surface area contributed by atoms with Crippen LogP contribution in [0.3, 0.4) is 0 Å². The molecule has 1 aliphatic rings. The van der Waals surface area contributed by atoms with Crippen molar-refractivity contribution in [2.24, 2.45) is 0 Å². The molecule has 0 bridgehead atoms. The number of halogens is 3. The monoisotopic (exact) mass is 266 g/mol. The highest BCUT2D eigenvalue weighted by atomic mass is 19.4. The Morgan fingerprint density at radius 1 is 1.22 bits per heavy atom. The predicted octanol–water partition coefficient (Wildman–Crippen LogP) is 3.18. The van der Waals surface area contributed by atoms with Gasteiger partial charge >= 0.3 is 6.18 Å². The van der Waals surface area contributed by atoms with Crippen LogP contribution in [0.5, 0.6) is 0 Å². The van der Waals surface area contributed by atoms with Gasteiger partial charge in [-0.3, -0.25) is 0 Å². The molecule has 0 radical (unpaired) electrons. The van der Waals surface area contributed by atoms with Gasteiger partial charge < -0.3 is 10.2 Å². The van der Waals surface area contributed by atoms with Crippen molar-refractivity contribution in [2.45, 2.75) is 57.7 Å². The Labute approximate surface area is 108 Å². The zero-order chi connectivity index (χ0) is 13.6. The fourth-order valence-electron chi connectivity index (χ4n) is 2.64. The van der Waals surface area contributed by atoms with E-state index in [-0.39, 0.29) is 12.0 Å². The van der Waals surface area contributed by atoms with Gasteiger partial charge in [0.1, 0.15) is 0 Å². The van der Waals surface area contributed by atoms with Crippen LogP contribution in [-0.4, -0.2) is 42.8 Å². The molecule has 1 saturated heterocycles. The van der Waals surface area contributed by atoms with E-state index >= 15 is 0 Å². The first kappa shape index (κ1) is 15.8. The minimum Gasteiger partial charge on any atom is -0.310 e.